The number of allylic oxidation sites excluding steroid dienone is 2. The molecule has 4 nitrogen and oxygen atoms in total. The molecule has 1 N–H and O–H groups in total. The lowest BCUT2D eigenvalue weighted by Crippen LogP contribution is -2.29. The van der Waals surface area contributed by atoms with Crippen molar-refractivity contribution in [3.05, 3.63) is 22.8 Å². The van der Waals surface area contributed by atoms with Gasteiger partial charge in [0.2, 0.25) is 0 Å². The molecular formula is C15H18O4. The minimum atomic E-state index is -0.278. The third-order valence-corrected chi connectivity index (χ3v) is 4.80. The Kier molecular flexibility index (Phi) is 2.86. The van der Waals surface area contributed by atoms with E-state index < -0.39 is 0 Å². The van der Waals surface area contributed by atoms with E-state index in [1.54, 1.807) is 0 Å². The summed E-state index contributed by atoms with van der Waals surface area (Å²) in [5, 5.41) is 9.47. The number of hydrogen-bond acceptors (Lipinski definition) is 4. The zero-order chi connectivity index (χ0) is 13.7. The molecule has 0 radical (unpaired) electrons. The minimum absolute atomic E-state index is 0.0252. The second-order valence-electron chi connectivity index (χ2n) is 5.81. The van der Waals surface area contributed by atoms with E-state index in [1.807, 2.05) is 13.8 Å². The molecule has 4 heteroatoms. The number of carbonyl (C=O) groups excluding carboxylic acids is 2. The summed E-state index contributed by atoms with van der Waals surface area (Å²) in [5.74, 6) is -0.397. The van der Waals surface area contributed by atoms with Crippen molar-refractivity contribution in [2.75, 3.05) is 6.61 Å². The largest absolute Gasteiger partial charge is 0.461 e. The number of ether oxygens (including phenoxy) is 1. The number of fused-ring (bicyclic) bond motifs is 3. The molecule has 2 aliphatic carbocycles. The van der Waals surface area contributed by atoms with Crippen LogP contribution >= 0.6 is 0 Å². The van der Waals surface area contributed by atoms with Crippen molar-refractivity contribution >= 4 is 11.8 Å². The van der Waals surface area contributed by atoms with Crippen LogP contribution in [0.2, 0.25) is 0 Å². The second kappa shape index (κ2) is 4.30. The van der Waals surface area contributed by atoms with E-state index in [-0.39, 0.29) is 42.2 Å². The second-order valence-corrected chi connectivity index (χ2v) is 5.81. The van der Waals surface area contributed by atoms with Crippen molar-refractivity contribution < 1.29 is 19.4 Å². The Hall–Kier alpha value is -1.42. The van der Waals surface area contributed by atoms with Crippen molar-refractivity contribution in [3.63, 3.8) is 0 Å². The molecule has 3 aliphatic rings. The molecule has 1 saturated heterocycles. The third-order valence-electron chi connectivity index (χ3n) is 4.80. The molecule has 0 aromatic rings. The number of esters is 1. The Balaban J connectivity index is 2.07. The number of carbonyl (C=O) groups is 2. The van der Waals surface area contributed by atoms with Crippen molar-refractivity contribution in [2.24, 2.45) is 17.8 Å². The van der Waals surface area contributed by atoms with E-state index in [2.05, 4.69) is 0 Å². The van der Waals surface area contributed by atoms with Gasteiger partial charge in [0.15, 0.2) is 5.78 Å². The molecule has 1 fully saturated rings. The number of hydrogen-bond donors (Lipinski definition) is 1. The van der Waals surface area contributed by atoms with Gasteiger partial charge in [-0.3, -0.25) is 9.59 Å². The van der Waals surface area contributed by atoms with Crippen LogP contribution in [-0.4, -0.2) is 29.6 Å². The smallest absolute Gasteiger partial charge is 0.309 e. The van der Waals surface area contributed by atoms with Crippen LogP contribution in [0, 0.1) is 17.8 Å². The average molecular weight is 262 g/mol. The number of ketones is 1. The molecule has 0 aromatic heterocycles. The SMILES string of the molecule is CC1=C2C(=O)C=C(CO)[C@@H]2[C@H]2OC(=O)C(C)C2CC1. The van der Waals surface area contributed by atoms with Crippen molar-refractivity contribution in [3.8, 4) is 0 Å². The fourth-order valence-corrected chi connectivity index (χ4v) is 3.71. The average Bonchev–Trinajstić information content (AvgIpc) is 2.80. The van der Waals surface area contributed by atoms with Gasteiger partial charge in [-0.15, -0.1) is 0 Å². The summed E-state index contributed by atoms with van der Waals surface area (Å²) < 4.78 is 5.52. The summed E-state index contributed by atoms with van der Waals surface area (Å²) in [6.07, 6.45) is 2.93. The zero-order valence-electron chi connectivity index (χ0n) is 11.2. The normalized spacial score (nSPS) is 37.7. The Morgan fingerprint density at radius 1 is 1.42 bits per heavy atom. The standard InChI is InChI=1S/C15H18O4/c1-7-3-4-10-8(2)15(18)19-14(10)13-9(6-16)5-11(17)12(7)13/h5,8,10,13-14,16H,3-4,6H2,1-2H3/t8?,10?,13-,14-/m0/s1. The summed E-state index contributed by atoms with van der Waals surface area (Å²) in [4.78, 5) is 23.9. The lowest BCUT2D eigenvalue weighted by molar-refractivity contribution is -0.145. The summed E-state index contributed by atoms with van der Waals surface area (Å²) >= 11 is 0. The Labute approximate surface area is 112 Å². The first-order valence-electron chi connectivity index (χ1n) is 6.80. The topological polar surface area (TPSA) is 63.6 Å². The number of aliphatic hydroxyl groups excluding tert-OH is 1. The first-order valence-corrected chi connectivity index (χ1v) is 6.80. The third kappa shape index (κ3) is 1.70. The van der Waals surface area contributed by atoms with Crippen LogP contribution in [0.1, 0.15) is 26.7 Å². The van der Waals surface area contributed by atoms with Gasteiger partial charge >= 0.3 is 5.97 Å². The molecule has 0 spiro atoms. The highest BCUT2D eigenvalue weighted by molar-refractivity contribution is 6.09. The van der Waals surface area contributed by atoms with Gasteiger partial charge in [0.25, 0.3) is 0 Å². The predicted octanol–water partition coefficient (Wildman–Crippen LogP) is 1.39. The van der Waals surface area contributed by atoms with Crippen molar-refractivity contribution in [1.29, 1.82) is 0 Å². The maximum atomic E-state index is 12.1. The minimum Gasteiger partial charge on any atom is -0.461 e. The van der Waals surface area contributed by atoms with Gasteiger partial charge in [-0.25, -0.2) is 0 Å². The van der Waals surface area contributed by atoms with Gasteiger partial charge in [-0.05, 0) is 31.4 Å². The van der Waals surface area contributed by atoms with Crippen LogP contribution in [0.5, 0.6) is 0 Å². The molecule has 0 saturated carbocycles. The summed E-state index contributed by atoms with van der Waals surface area (Å²) in [6, 6.07) is 0. The molecule has 1 heterocycles. The van der Waals surface area contributed by atoms with Gasteiger partial charge in [-0.1, -0.05) is 12.5 Å². The molecule has 4 atom stereocenters. The summed E-state index contributed by atoms with van der Waals surface area (Å²) in [6.45, 7) is 3.72. The molecule has 3 rings (SSSR count). The van der Waals surface area contributed by atoms with Crippen LogP contribution in [-0.2, 0) is 14.3 Å². The first-order chi connectivity index (χ1) is 9.04. The number of aliphatic hydroxyl groups is 1. The lowest BCUT2D eigenvalue weighted by atomic mass is 9.81. The molecule has 19 heavy (non-hydrogen) atoms. The Bertz CT molecular complexity index is 514. The predicted molar refractivity (Wildman–Crippen MR) is 68.1 cm³/mol. The number of rotatable bonds is 1. The van der Waals surface area contributed by atoms with E-state index in [4.69, 9.17) is 4.74 Å². The van der Waals surface area contributed by atoms with Crippen LogP contribution in [0.15, 0.2) is 22.8 Å². The quantitative estimate of drug-likeness (QED) is 0.725. The van der Waals surface area contributed by atoms with E-state index in [1.165, 1.54) is 6.08 Å². The highest BCUT2D eigenvalue weighted by atomic mass is 16.6. The first kappa shape index (κ1) is 12.6. The van der Waals surface area contributed by atoms with E-state index in [0.717, 1.165) is 24.0 Å². The fraction of sp³-hybridized carbons (Fsp3) is 0.600. The van der Waals surface area contributed by atoms with Gasteiger partial charge in [0.1, 0.15) is 6.10 Å². The molecule has 0 amide bonds. The van der Waals surface area contributed by atoms with Crippen LogP contribution in [0.25, 0.3) is 0 Å². The molecule has 102 valence electrons. The highest BCUT2D eigenvalue weighted by Crippen LogP contribution is 2.47. The van der Waals surface area contributed by atoms with E-state index in [0.29, 0.717) is 5.57 Å². The van der Waals surface area contributed by atoms with Crippen LogP contribution in [0.3, 0.4) is 0 Å². The Morgan fingerprint density at radius 2 is 2.16 bits per heavy atom. The molecular weight excluding hydrogens is 244 g/mol. The van der Waals surface area contributed by atoms with E-state index >= 15 is 0 Å². The van der Waals surface area contributed by atoms with E-state index in [9.17, 15) is 14.7 Å². The summed E-state index contributed by atoms with van der Waals surface area (Å²) in [5.41, 5.74) is 2.52. The molecule has 1 aliphatic heterocycles. The maximum absolute atomic E-state index is 12.1. The van der Waals surface area contributed by atoms with Crippen LogP contribution in [0.4, 0.5) is 0 Å². The van der Waals surface area contributed by atoms with Crippen molar-refractivity contribution in [2.45, 2.75) is 32.8 Å². The van der Waals surface area contributed by atoms with Gasteiger partial charge in [-0.2, -0.15) is 0 Å². The molecule has 0 bridgehead atoms. The van der Waals surface area contributed by atoms with Gasteiger partial charge < -0.3 is 9.84 Å². The monoisotopic (exact) mass is 262 g/mol. The Morgan fingerprint density at radius 3 is 2.84 bits per heavy atom. The van der Waals surface area contributed by atoms with Crippen molar-refractivity contribution in [1.82, 2.24) is 0 Å². The fourth-order valence-electron chi connectivity index (χ4n) is 3.71. The molecule has 0 aromatic carbocycles. The van der Waals surface area contributed by atoms with Gasteiger partial charge in [0.05, 0.1) is 12.5 Å². The molecule has 2 unspecified atom stereocenters. The maximum Gasteiger partial charge on any atom is 0.309 e. The highest BCUT2D eigenvalue weighted by Gasteiger charge is 2.51. The summed E-state index contributed by atoms with van der Waals surface area (Å²) in [7, 11) is 0. The lowest BCUT2D eigenvalue weighted by Gasteiger charge is -2.25. The van der Waals surface area contributed by atoms with Crippen LogP contribution < -0.4 is 0 Å². The zero-order valence-corrected chi connectivity index (χ0v) is 11.2. The van der Waals surface area contributed by atoms with Gasteiger partial charge in [0, 0.05) is 17.4 Å².